The normalized spacial score (nSPS) is 11.9. The van der Waals surface area contributed by atoms with Crippen LogP contribution in [0.4, 0.5) is 13.2 Å². The number of rotatable bonds is 1. The van der Waals surface area contributed by atoms with Crippen molar-refractivity contribution in [2.75, 3.05) is 0 Å². The van der Waals surface area contributed by atoms with Crippen LogP contribution in [-0.4, -0.2) is 4.98 Å². The van der Waals surface area contributed by atoms with Crippen LogP contribution >= 0.6 is 11.3 Å². The highest BCUT2D eigenvalue weighted by molar-refractivity contribution is 7.16. The quantitative estimate of drug-likeness (QED) is 0.612. The van der Waals surface area contributed by atoms with E-state index in [1.165, 1.54) is 23.5 Å². The molecule has 0 amide bonds. The minimum atomic E-state index is -4.37. The second-order valence-electron chi connectivity index (χ2n) is 4.05. The van der Waals surface area contributed by atoms with Crippen LogP contribution in [0.15, 0.2) is 48.0 Å². The molecule has 0 radical (unpaired) electrons. The zero-order chi connectivity index (χ0) is 13.5. The number of para-hydroxylation sites is 1. The second-order valence-corrected chi connectivity index (χ2v) is 4.93. The number of hydrogen-bond acceptors (Lipinski definition) is 2. The predicted octanol–water partition coefficient (Wildman–Crippen LogP) is 4.98. The van der Waals surface area contributed by atoms with Gasteiger partial charge in [-0.25, -0.2) is 4.98 Å². The molecular formula is C14H8F3NS. The molecule has 0 unspecified atom stereocenters. The molecule has 5 heteroatoms. The number of benzene rings is 2. The van der Waals surface area contributed by atoms with Gasteiger partial charge in [-0.05, 0) is 17.7 Å². The smallest absolute Gasteiger partial charge is 0.244 e. The van der Waals surface area contributed by atoms with Crippen molar-refractivity contribution in [3.63, 3.8) is 0 Å². The van der Waals surface area contributed by atoms with Gasteiger partial charge in [0.25, 0.3) is 0 Å². The average molecular weight is 279 g/mol. The van der Waals surface area contributed by atoms with Gasteiger partial charge >= 0.3 is 6.18 Å². The number of thiazole rings is 1. The number of aromatic nitrogens is 1. The van der Waals surface area contributed by atoms with Crippen molar-refractivity contribution in [3.8, 4) is 11.1 Å². The lowest BCUT2D eigenvalue weighted by molar-refractivity contribution is -0.137. The Labute approximate surface area is 111 Å². The molecule has 0 spiro atoms. The maximum atomic E-state index is 13.0. The molecule has 3 aromatic rings. The minimum absolute atomic E-state index is 0.173. The summed E-state index contributed by atoms with van der Waals surface area (Å²) in [6.07, 6.45) is -4.37. The van der Waals surface area contributed by atoms with Crippen molar-refractivity contribution in [1.82, 2.24) is 4.98 Å². The molecule has 0 bridgehead atoms. The fourth-order valence-corrected chi connectivity index (χ4v) is 2.77. The highest BCUT2D eigenvalue weighted by Crippen LogP contribution is 2.39. The largest absolute Gasteiger partial charge is 0.417 e. The summed E-state index contributed by atoms with van der Waals surface area (Å²) in [5.74, 6) is 0. The molecule has 0 aliphatic heterocycles. The van der Waals surface area contributed by atoms with Crippen molar-refractivity contribution in [2.24, 2.45) is 0 Å². The van der Waals surface area contributed by atoms with E-state index in [9.17, 15) is 13.2 Å². The summed E-state index contributed by atoms with van der Waals surface area (Å²) in [4.78, 5) is 4.17. The van der Waals surface area contributed by atoms with E-state index in [4.69, 9.17) is 0 Å². The standard InChI is InChI=1S/C14H8F3NS/c15-14(16,17)11-6-2-1-4-9(11)10-5-3-7-12-13(10)18-8-19-12/h1-8H. The molecule has 0 fully saturated rings. The molecule has 0 saturated carbocycles. The highest BCUT2D eigenvalue weighted by atomic mass is 32.1. The number of alkyl halides is 3. The summed E-state index contributed by atoms with van der Waals surface area (Å²) in [5, 5.41) is 0. The Bertz CT molecular complexity index is 731. The molecule has 3 rings (SSSR count). The van der Waals surface area contributed by atoms with Crippen molar-refractivity contribution in [2.45, 2.75) is 6.18 Å². The van der Waals surface area contributed by atoms with Crippen molar-refractivity contribution < 1.29 is 13.2 Å². The summed E-state index contributed by atoms with van der Waals surface area (Å²) in [5.41, 5.74) is 2.32. The maximum absolute atomic E-state index is 13.0. The Morgan fingerprint density at radius 2 is 1.63 bits per heavy atom. The first kappa shape index (κ1) is 12.2. The first-order valence-corrected chi connectivity index (χ1v) is 6.44. The minimum Gasteiger partial charge on any atom is -0.244 e. The first-order chi connectivity index (χ1) is 9.07. The number of fused-ring (bicyclic) bond motifs is 1. The summed E-state index contributed by atoms with van der Waals surface area (Å²) in [6, 6.07) is 10.9. The van der Waals surface area contributed by atoms with Crippen LogP contribution in [-0.2, 0) is 6.18 Å². The molecule has 1 heterocycles. The second kappa shape index (κ2) is 4.35. The molecule has 0 N–H and O–H groups in total. The molecular weight excluding hydrogens is 271 g/mol. The molecule has 1 aromatic heterocycles. The Hall–Kier alpha value is -1.88. The molecule has 96 valence electrons. The fraction of sp³-hybridized carbons (Fsp3) is 0.0714. The van der Waals surface area contributed by atoms with E-state index in [0.717, 1.165) is 10.8 Å². The van der Waals surface area contributed by atoms with Crippen LogP contribution in [0.3, 0.4) is 0 Å². The van der Waals surface area contributed by atoms with Crippen molar-refractivity contribution in [1.29, 1.82) is 0 Å². The Morgan fingerprint density at radius 3 is 2.42 bits per heavy atom. The van der Waals surface area contributed by atoms with Crippen LogP contribution in [0.2, 0.25) is 0 Å². The summed E-state index contributed by atoms with van der Waals surface area (Å²) >= 11 is 1.42. The van der Waals surface area contributed by atoms with Crippen LogP contribution in [0, 0.1) is 0 Å². The molecule has 1 nitrogen and oxygen atoms in total. The van der Waals surface area contributed by atoms with Crippen LogP contribution in [0.25, 0.3) is 21.3 Å². The third-order valence-electron chi connectivity index (χ3n) is 2.88. The van der Waals surface area contributed by atoms with E-state index >= 15 is 0 Å². The summed E-state index contributed by atoms with van der Waals surface area (Å²) < 4.78 is 40.0. The Balaban J connectivity index is 2.31. The van der Waals surface area contributed by atoms with E-state index in [1.807, 2.05) is 6.07 Å². The van der Waals surface area contributed by atoms with Gasteiger partial charge in [-0.1, -0.05) is 30.3 Å². The number of halogens is 3. The number of nitrogens with zero attached hydrogens (tertiary/aromatic N) is 1. The Morgan fingerprint density at radius 1 is 0.895 bits per heavy atom. The predicted molar refractivity (Wildman–Crippen MR) is 70.1 cm³/mol. The van der Waals surface area contributed by atoms with Crippen molar-refractivity contribution in [3.05, 3.63) is 53.5 Å². The lowest BCUT2D eigenvalue weighted by Gasteiger charge is -2.13. The molecule has 0 aliphatic rings. The van der Waals surface area contributed by atoms with Gasteiger partial charge in [0.15, 0.2) is 0 Å². The van der Waals surface area contributed by atoms with E-state index in [2.05, 4.69) is 4.98 Å². The third-order valence-corrected chi connectivity index (χ3v) is 3.68. The zero-order valence-corrected chi connectivity index (χ0v) is 10.4. The fourth-order valence-electron chi connectivity index (χ4n) is 2.07. The van der Waals surface area contributed by atoms with Crippen LogP contribution in [0.5, 0.6) is 0 Å². The van der Waals surface area contributed by atoms with Gasteiger partial charge in [-0.15, -0.1) is 11.3 Å². The average Bonchev–Trinajstić information content (AvgIpc) is 2.85. The van der Waals surface area contributed by atoms with Gasteiger partial charge < -0.3 is 0 Å². The van der Waals surface area contributed by atoms with Crippen molar-refractivity contribution >= 4 is 21.6 Å². The molecule has 0 atom stereocenters. The molecule has 0 saturated heterocycles. The van der Waals surface area contributed by atoms with Gasteiger partial charge in [0.2, 0.25) is 0 Å². The number of hydrogen-bond donors (Lipinski definition) is 0. The monoisotopic (exact) mass is 279 g/mol. The topological polar surface area (TPSA) is 12.9 Å². The van der Waals surface area contributed by atoms with Crippen LogP contribution in [0.1, 0.15) is 5.56 Å². The molecule has 19 heavy (non-hydrogen) atoms. The first-order valence-electron chi connectivity index (χ1n) is 5.56. The van der Waals surface area contributed by atoms with Gasteiger partial charge in [-0.3, -0.25) is 0 Å². The Kier molecular flexibility index (Phi) is 2.78. The zero-order valence-electron chi connectivity index (χ0n) is 9.61. The van der Waals surface area contributed by atoms with E-state index in [0.29, 0.717) is 11.1 Å². The molecule has 0 aliphatic carbocycles. The molecule has 2 aromatic carbocycles. The van der Waals surface area contributed by atoms with E-state index in [-0.39, 0.29) is 5.56 Å². The van der Waals surface area contributed by atoms with Crippen LogP contribution < -0.4 is 0 Å². The highest BCUT2D eigenvalue weighted by Gasteiger charge is 2.33. The van der Waals surface area contributed by atoms with Gasteiger partial charge in [0.05, 0.1) is 21.3 Å². The van der Waals surface area contributed by atoms with E-state index < -0.39 is 11.7 Å². The maximum Gasteiger partial charge on any atom is 0.417 e. The van der Waals surface area contributed by atoms with Gasteiger partial charge in [0.1, 0.15) is 0 Å². The third kappa shape index (κ3) is 2.10. The van der Waals surface area contributed by atoms with Gasteiger partial charge in [0, 0.05) is 5.56 Å². The lowest BCUT2D eigenvalue weighted by atomic mass is 9.98. The SMILES string of the molecule is FC(F)(F)c1ccccc1-c1cccc2scnc12. The summed E-state index contributed by atoms with van der Waals surface area (Å²) in [7, 11) is 0. The van der Waals surface area contributed by atoms with Gasteiger partial charge in [-0.2, -0.15) is 13.2 Å². The van der Waals surface area contributed by atoms with E-state index in [1.54, 1.807) is 23.7 Å². The summed E-state index contributed by atoms with van der Waals surface area (Å²) in [6.45, 7) is 0. The lowest BCUT2D eigenvalue weighted by Crippen LogP contribution is -2.06.